The number of hydrogen-bond acceptors (Lipinski definition) is 41. The monoisotopic (exact) mass is 1400 g/mol. The van der Waals surface area contributed by atoms with Crippen LogP contribution < -0.4 is 10.6 Å². The molecule has 0 saturated carbocycles. The summed E-state index contributed by atoms with van der Waals surface area (Å²) in [4.78, 5) is 24.7. The van der Waals surface area contributed by atoms with Crippen molar-refractivity contribution in [2.24, 2.45) is 0 Å². The van der Waals surface area contributed by atoms with Gasteiger partial charge in [0.2, 0.25) is 11.8 Å². The highest BCUT2D eigenvalue weighted by molar-refractivity contribution is 5.73. The lowest BCUT2D eigenvalue weighted by Gasteiger charge is -2.50. The first-order valence-corrected chi connectivity index (χ1v) is 30.1. The fraction of sp³-hybridized carbons (Fsp3) is 0.962. The van der Waals surface area contributed by atoms with Gasteiger partial charge in [-0.25, -0.2) is 0 Å². The summed E-state index contributed by atoms with van der Waals surface area (Å²) < 4.78 is 80.9. The summed E-state index contributed by atoms with van der Waals surface area (Å²) in [6, 6.07) is -3.55. The quantitative estimate of drug-likeness (QED) is 0.0346. The van der Waals surface area contributed by atoms with E-state index in [2.05, 4.69) is 10.6 Å². The zero-order valence-corrected chi connectivity index (χ0v) is 50.6. The first-order valence-electron chi connectivity index (χ1n) is 30.1. The van der Waals surface area contributed by atoms with Crippen molar-refractivity contribution in [3.63, 3.8) is 0 Å². The Balaban J connectivity index is 1.24. The summed E-state index contributed by atoms with van der Waals surface area (Å²) in [5.41, 5.74) is 0. The van der Waals surface area contributed by atoms with Gasteiger partial charge in [-0.05, 0) is 0 Å². The van der Waals surface area contributed by atoms with E-state index < -0.39 is 311 Å². The lowest BCUT2D eigenvalue weighted by molar-refractivity contribution is -0.398. The van der Waals surface area contributed by atoms with Gasteiger partial charge in [-0.3, -0.25) is 9.59 Å². The molecule has 43 heteroatoms. The van der Waals surface area contributed by atoms with Crippen LogP contribution in [0.25, 0.3) is 0 Å². The molecular formula is C52H90N2O41. The Morgan fingerprint density at radius 3 is 1.16 bits per heavy atom. The molecule has 7 unspecified atom stereocenters. The number of carbonyl (C=O) groups excluding carboxylic acids is 2. The largest absolute Gasteiger partial charge is 0.394 e. The average molecular weight is 1400 g/mol. The number of hydrogen-bond donors (Lipinski definition) is 27. The van der Waals surface area contributed by atoms with Crippen LogP contribution in [0.1, 0.15) is 13.8 Å². The molecule has 7 fully saturated rings. The predicted octanol–water partition coefficient (Wildman–Crippen LogP) is -18.5. The fourth-order valence-corrected chi connectivity index (χ4v) is 11.7. The number of aliphatic hydroxyl groups excluding tert-OH is 25. The van der Waals surface area contributed by atoms with Crippen LogP contribution in [0.2, 0.25) is 0 Å². The molecule has 0 bridgehead atoms. The number of nitrogens with one attached hydrogen (secondary N) is 2. The molecule has 7 heterocycles. The summed E-state index contributed by atoms with van der Waals surface area (Å²) >= 11 is 0. The van der Waals surface area contributed by atoms with Gasteiger partial charge < -0.3 is 205 Å². The highest BCUT2D eigenvalue weighted by atomic mass is 16.8. The van der Waals surface area contributed by atoms with Gasteiger partial charge in [0.05, 0.1) is 65.5 Å². The van der Waals surface area contributed by atoms with E-state index in [4.69, 9.17) is 66.3 Å². The molecule has 0 aromatic carbocycles. The van der Waals surface area contributed by atoms with Crippen LogP contribution in [-0.4, -0.2) is 438 Å². The molecule has 7 aliphatic heterocycles. The van der Waals surface area contributed by atoms with Crippen molar-refractivity contribution >= 4 is 11.8 Å². The van der Waals surface area contributed by atoms with Crippen LogP contribution in [0.15, 0.2) is 0 Å². The minimum atomic E-state index is -2.51. The Hall–Kier alpha value is -2.62. The van der Waals surface area contributed by atoms with Gasteiger partial charge in [0, 0.05) is 13.8 Å². The van der Waals surface area contributed by atoms with Crippen molar-refractivity contribution < 1.29 is 204 Å². The van der Waals surface area contributed by atoms with Gasteiger partial charge >= 0.3 is 0 Å². The van der Waals surface area contributed by atoms with Crippen LogP contribution in [0.4, 0.5) is 0 Å². The van der Waals surface area contributed by atoms with Crippen molar-refractivity contribution in [1.82, 2.24) is 10.6 Å². The predicted molar refractivity (Wildman–Crippen MR) is 290 cm³/mol. The second kappa shape index (κ2) is 35.3. The highest BCUT2D eigenvalue weighted by Crippen LogP contribution is 2.38. The third kappa shape index (κ3) is 18.0. The van der Waals surface area contributed by atoms with Crippen LogP contribution in [0.3, 0.4) is 0 Å². The molecule has 43 nitrogen and oxygen atoms in total. The normalized spacial score (nSPS) is 47.3. The second-order valence-corrected chi connectivity index (χ2v) is 23.7. The van der Waals surface area contributed by atoms with Gasteiger partial charge in [0.1, 0.15) is 189 Å². The minimum absolute atomic E-state index is 0.791. The Morgan fingerprint density at radius 2 is 0.716 bits per heavy atom. The van der Waals surface area contributed by atoms with Gasteiger partial charge in [-0.1, -0.05) is 0 Å². The molecule has 27 N–H and O–H groups in total. The summed E-state index contributed by atoms with van der Waals surface area (Å²) in [7, 11) is 0. The molecule has 0 aromatic heterocycles. The van der Waals surface area contributed by atoms with Crippen molar-refractivity contribution in [2.45, 2.75) is 253 Å². The summed E-state index contributed by atoms with van der Waals surface area (Å²) in [5, 5.41) is 276. The van der Waals surface area contributed by atoms with E-state index in [1.54, 1.807) is 0 Å². The second-order valence-electron chi connectivity index (χ2n) is 23.7. The van der Waals surface area contributed by atoms with E-state index in [1.165, 1.54) is 0 Å². The Kier molecular flexibility index (Phi) is 29.6. The Labute approximate surface area is 537 Å². The van der Waals surface area contributed by atoms with Gasteiger partial charge in [-0.15, -0.1) is 0 Å². The standard InChI is InChI=1S/C52H90N2O41/c1-12(62)53-14(3-55)24(65)41(15(64)4-56)91-46-23(54-13(2)63)31(72)42(20(9-61)88-46)92-51-40(81)44(94-52-45(35(76)28(69)19(8-60)87-52)95-50-38(79)34(75)27(68)18(7-59)86-50)30(71)22(90-51)11-83-48-39(80)43(93-49-37(78)33(74)26(67)17(6-58)85-49)29(70)21(89-48)10-82-47-36(77)32(73)25(66)16(5-57)84-47/h14-52,55-61,64-81H,3-11H2,1-2H3,(H,53,62)(H,54,63)/t14-,15+,16+,17+,18+,19+,20+,21+,22+,23+,24+,25+,26+,27+,28+,29+,30+,31+,32-,33-,34-,35-,36-,37-,38-,39-,40-,41+,42+,43-,44-,45-,46?,47?,48?,49?,50?,51?,52?/m0/s1. The topological polar surface area (TPSA) is 693 Å². The number of amides is 2. The van der Waals surface area contributed by atoms with Gasteiger partial charge in [0.25, 0.3) is 0 Å². The van der Waals surface area contributed by atoms with Crippen molar-refractivity contribution in [1.29, 1.82) is 0 Å². The molecule has 0 aromatic rings. The molecule has 0 aliphatic carbocycles. The first-order chi connectivity index (χ1) is 44.9. The number of carbonyl (C=O) groups is 2. The number of aliphatic hydroxyl groups is 25. The maximum absolute atomic E-state index is 12.8. The SMILES string of the molecule is CC(=O)N[C@@H](CO)[C@@H](O)[C@H](OC1O[C@H](CO)[C@@H](OC2O[C@H](COC3O[C@H](COC4O[C@H](CO)[C@@H](O)[C@H](O)[C@@H]4O)[C@@H](O)[C@H](OC4O[C@H](CO)[C@@H](O)[C@H](O)[C@@H]4O)[C@@H]3O)[C@@H](O)[C@H](OC3O[C@H](CO)[C@@H](O)[C@H](O)[C@@H]3OC3O[C@H](CO)[C@@H](O)[C@H](O)[C@@H]3O)[C@@H]2O)[C@H](O)[C@H]1NC(C)=O)[C@H](O)CO. The lowest BCUT2D eigenvalue weighted by Crippen LogP contribution is -2.69. The minimum Gasteiger partial charge on any atom is -0.394 e. The first kappa shape index (κ1) is 79.7. The van der Waals surface area contributed by atoms with E-state index in [0.29, 0.717) is 0 Å². The molecule has 7 aliphatic rings. The zero-order chi connectivity index (χ0) is 70.3. The number of ether oxygens (including phenoxy) is 14. The van der Waals surface area contributed by atoms with E-state index >= 15 is 0 Å². The van der Waals surface area contributed by atoms with Crippen LogP contribution >= 0.6 is 0 Å². The van der Waals surface area contributed by atoms with E-state index in [0.717, 1.165) is 13.8 Å². The summed E-state index contributed by atoms with van der Waals surface area (Å²) in [6.07, 6.45) is -77.4. The van der Waals surface area contributed by atoms with Crippen LogP contribution in [-0.2, 0) is 75.9 Å². The van der Waals surface area contributed by atoms with Gasteiger partial charge in [0.15, 0.2) is 44.0 Å². The molecule has 554 valence electrons. The van der Waals surface area contributed by atoms with E-state index in [1.807, 2.05) is 0 Å². The molecule has 0 spiro atoms. The maximum Gasteiger partial charge on any atom is 0.217 e. The smallest absolute Gasteiger partial charge is 0.217 e. The van der Waals surface area contributed by atoms with Crippen LogP contribution in [0, 0.1) is 0 Å². The van der Waals surface area contributed by atoms with Crippen molar-refractivity contribution in [3.05, 3.63) is 0 Å². The van der Waals surface area contributed by atoms with E-state index in [-0.39, 0.29) is 0 Å². The molecule has 0 radical (unpaired) electrons. The molecular weight excluding hydrogens is 1310 g/mol. The van der Waals surface area contributed by atoms with Crippen molar-refractivity contribution in [2.75, 3.05) is 59.5 Å². The third-order valence-electron chi connectivity index (χ3n) is 17.1. The maximum atomic E-state index is 12.8. The Morgan fingerprint density at radius 1 is 0.358 bits per heavy atom. The fourth-order valence-electron chi connectivity index (χ4n) is 11.7. The van der Waals surface area contributed by atoms with Gasteiger partial charge in [-0.2, -0.15) is 0 Å². The molecule has 2 amide bonds. The highest BCUT2D eigenvalue weighted by Gasteiger charge is 2.59. The number of rotatable bonds is 28. The Bertz CT molecular complexity index is 2330. The summed E-state index contributed by atoms with van der Waals surface area (Å²) in [5.74, 6) is -1.74. The molecule has 7 rings (SSSR count). The van der Waals surface area contributed by atoms with Crippen LogP contribution in [0.5, 0.6) is 0 Å². The zero-order valence-electron chi connectivity index (χ0n) is 50.6. The van der Waals surface area contributed by atoms with E-state index in [9.17, 15) is 137 Å². The third-order valence-corrected chi connectivity index (χ3v) is 17.1. The molecule has 39 atom stereocenters. The van der Waals surface area contributed by atoms with Crippen molar-refractivity contribution in [3.8, 4) is 0 Å². The average Bonchev–Trinajstić information content (AvgIpc) is 0.785. The molecule has 7 saturated heterocycles. The summed E-state index contributed by atoms with van der Waals surface area (Å²) in [6.45, 7) is -7.60. The molecule has 95 heavy (non-hydrogen) atoms. The lowest BCUT2D eigenvalue weighted by atomic mass is 9.94.